The zero-order chi connectivity index (χ0) is 15.7. The number of aromatic amines is 1. The number of benzene rings is 1. The molecule has 22 heavy (non-hydrogen) atoms. The van der Waals surface area contributed by atoms with E-state index < -0.39 is 0 Å². The molecule has 0 aliphatic carbocycles. The molecule has 1 aliphatic heterocycles. The van der Waals surface area contributed by atoms with Crippen LogP contribution in [-0.2, 0) is 6.54 Å². The predicted molar refractivity (Wildman–Crippen MR) is 81.9 cm³/mol. The lowest BCUT2D eigenvalue weighted by atomic mass is 10.0. The molecule has 1 aromatic heterocycles. The number of nitrogens with one attached hydrogen (secondary N) is 2. The summed E-state index contributed by atoms with van der Waals surface area (Å²) in [4.78, 5) is 17.0. The first-order chi connectivity index (χ1) is 10.6. The van der Waals surface area contributed by atoms with Gasteiger partial charge in [0.05, 0.1) is 12.6 Å². The summed E-state index contributed by atoms with van der Waals surface area (Å²) in [6.07, 6.45) is 2.68. The molecule has 6 heteroatoms. The van der Waals surface area contributed by atoms with Gasteiger partial charge in [0.1, 0.15) is 5.82 Å². The fraction of sp³-hybridized carbons (Fsp3) is 0.438. The maximum absolute atomic E-state index is 13.3. The van der Waals surface area contributed by atoms with E-state index in [0.29, 0.717) is 19.0 Å². The zero-order valence-corrected chi connectivity index (χ0v) is 12.5. The Hall–Kier alpha value is -2.08. The number of likely N-dealkylation sites (tertiary alicyclic amines) is 1. The topological polar surface area (TPSA) is 68.4 Å². The molecule has 0 radical (unpaired) electrons. The number of aromatic nitrogens is 1. The number of amides is 2. The van der Waals surface area contributed by atoms with Crippen LogP contribution >= 0.6 is 0 Å². The summed E-state index contributed by atoms with van der Waals surface area (Å²) in [7, 11) is 0. The highest BCUT2D eigenvalue weighted by Crippen LogP contribution is 2.24. The first-order valence-corrected chi connectivity index (χ1v) is 7.51. The Bertz CT molecular complexity index is 685. The van der Waals surface area contributed by atoms with Crippen molar-refractivity contribution in [2.24, 2.45) is 5.92 Å². The quantitative estimate of drug-likeness (QED) is 0.814. The van der Waals surface area contributed by atoms with Crippen LogP contribution in [0.5, 0.6) is 0 Å². The minimum absolute atomic E-state index is 0.0209. The van der Waals surface area contributed by atoms with Gasteiger partial charge in [-0.25, -0.2) is 9.18 Å². The number of nitrogens with zero attached hydrogens (tertiary/aromatic N) is 1. The highest BCUT2D eigenvalue weighted by atomic mass is 19.1. The molecule has 1 fully saturated rings. The van der Waals surface area contributed by atoms with E-state index in [1.807, 2.05) is 6.92 Å². The average Bonchev–Trinajstić information content (AvgIpc) is 3.07. The van der Waals surface area contributed by atoms with Crippen molar-refractivity contribution in [2.45, 2.75) is 25.9 Å². The van der Waals surface area contributed by atoms with Crippen molar-refractivity contribution in [3.05, 3.63) is 35.8 Å². The van der Waals surface area contributed by atoms with Crippen LogP contribution in [-0.4, -0.2) is 40.2 Å². The van der Waals surface area contributed by atoms with Crippen LogP contribution < -0.4 is 5.32 Å². The van der Waals surface area contributed by atoms with Gasteiger partial charge in [0, 0.05) is 30.2 Å². The Morgan fingerprint density at radius 2 is 2.36 bits per heavy atom. The van der Waals surface area contributed by atoms with E-state index in [4.69, 9.17) is 0 Å². The van der Waals surface area contributed by atoms with Crippen LogP contribution in [0.1, 0.15) is 18.9 Å². The summed E-state index contributed by atoms with van der Waals surface area (Å²) < 4.78 is 13.3. The van der Waals surface area contributed by atoms with E-state index >= 15 is 0 Å². The Labute approximate surface area is 128 Å². The molecule has 2 unspecified atom stereocenters. The lowest BCUT2D eigenvalue weighted by Gasteiger charge is -2.25. The third-order valence-corrected chi connectivity index (χ3v) is 4.49. The normalized spacial score (nSPS) is 21.5. The molecule has 5 nitrogen and oxygen atoms in total. The zero-order valence-electron chi connectivity index (χ0n) is 12.5. The maximum atomic E-state index is 13.3. The third-order valence-electron chi connectivity index (χ3n) is 4.49. The van der Waals surface area contributed by atoms with Crippen LogP contribution in [0.4, 0.5) is 9.18 Å². The Morgan fingerprint density at radius 3 is 3.14 bits per heavy atom. The SMILES string of the molecule is CC1CCN(C(=O)NCc2c[nH]c3ccc(F)cc23)C1CO. The fourth-order valence-electron chi connectivity index (χ4n) is 3.11. The summed E-state index contributed by atoms with van der Waals surface area (Å²) in [5, 5.41) is 13.0. The molecule has 3 N–H and O–H groups in total. The lowest BCUT2D eigenvalue weighted by molar-refractivity contribution is 0.143. The van der Waals surface area contributed by atoms with Crippen LogP contribution in [0.3, 0.4) is 0 Å². The first-order valence-electron chi connectivity index (χ1n) is 7.51. The summed E-state index contributed by atoms with van der Waals surface area (Å²) in [5.41, 5.74) is 1.68. The van der Waals surface area contributed by atoms with Crippen molar-refractivity contribution < 1.29 is 14.3 Å². The minimum Gasteiger partial charge on any atom is -0.394 e. The number of halogens is 1. The molecule has 3 rings (SSSR count). The van der Waals surface area contributed by atoms with Gasteiger partial charge in [-0.2, -0.15) is 0 Å². The second-order valence-electron chi connectivity index (χ2n) is 5.87. The van der Waals surface area contributed by atoms with Crippen molar-refractivity contribution in [1.82, 2.24) is 15.2 Å². The number of carbonyl (C=O) groups excluding carboxylic acids is 1. The number of fused-ring (bicyclic) bond motifs is 1. The summed E-state index contributed by atoms with van der Waals surface area (Å²) >= 11 is 0. The van der Waals surface area contributed by atoms with Crippen LogP contribution in [0.15, 0.2) is 24.4 Å². The number of rotatable bonds is 3. The average molecular weight is 305 g/mol. The monoisotopic (exact) mass is 305 g/mol. The number of urea groups is 1. The molecule has 1 aliphatic rings. The van der Waals surface area contributed by atoms with E-state index in [9.17, 15) is 14.3 Å². The molecule has 2 aromatic rings. The van der Waals surface area contributed by atoms with Crippen molar-refractivity contribution in [3.8, 4) is 0 Å². The van der Waals surface area contributed by atoms with E-state index in [1.54, 1.807) is 17.2 Å². The van der Waals surface area contributed by atoms with Gasteiger partial charge in [-0.3, -0.25) is 0 Å². The second kappa shape index (κ2) is 5.96. The van der Waals surface area contributed by atoms with E-state index in [0.717, 1.165) is 22.9 Å². The Morgan fingerprint density at radius 1 is 1.55 bits per heavy atom. The van der Waals surface area contributed by atoms with Gasteiger partial charge in [-0.1, -0.05) is 6.92 Å². The summed E-state index contributed by atoms with van der Waals surface area (Å²) in [5.74, 6) is 0.00586. The minimum atomic E-state index is -0.298. The van der Waals surface area contributed by atoms with Crippen molar-refractivity contribution in [3.63, 3.8) is 0 Å². The van der Waals surface area contributed by atoms with Crippen LogP contribution in [0, 0.1) is 11.7 Å². The molecular weight excluding hydrogens is 285 g/mol. The van der Waals surface area contributed by atoms with Gasteiger partial charge < -0.3 is 20.3 Å². The largest absolute Gasteiger partial charge is 0.394 e. The molecule has 1 saturated heterocycles. The van der Waals surface area contributed by atoms with Crippen LogP contribution in [0.25, 0.3) is 10.9 Å². The Balaban J connectivity index is 1.69. The maximum Gasteiger partial charge on any atom is 0.318 e. The number of aliphatic hydroxyl groups excluding tert-OH is 1. The predicted octanol–water partition coefficient (Wildman–Crippen LogP) is 2.22. The highest BCUT2D eigenvalue weighted by molar-refractivity contribution is 5.84. The van der Waals surface area contributed by atoms with Crippen molar-refractivity contribution >= 4 is 16.9 Å². The third kappa shape index (κ3) is 2.66. The fourth-order valence-corrected chi connectivity index (χ4v) is 3.11. The van der Waals surface area contributed by atoms with Gasteiger partial charge in [0.25, 0.3) is 0 Å². The van der Waals surface area contributed by atoms with Crippen molar-refractivity contribution in [1.29, 1.82) is 0 Å². The van der Waals surface area contributed by atoms with Gasteiger partial charge in [-0.05, 0) is 36.1 Å². The number of aliphatic hydroxyl groups is 1. The molecule has 0 spiro atoms. The number of H-pyrrole nitrogens is 1. The summed E-state index contributed by atoms with van der Waals surface area (Å²) in [6, 6.07) is 4.23. The standard InChI is InChI=1S/C16H20FN3O2/c1-10-4-5-20(15(10)9-21)16(22)19-8-11-7-18-14-3-2-12(17)6-13(11)14/h2-3,6-7,10,15,18,21H,4-5,8-9H2,1H3,(H,19,22). The van der Waals surface area contributed by atoms with E-state index in [-0.39, 0.29) is 24.5 Å². The molecule has 1 aromatic carbocycles. The van der Waals surface area contributed by atoms with Gasteiger partial charge >= 0.3 is 6.03 Å². The number of hydrogen-bond acceptors (Lipinski definition) is 2. The molecule has 2 heterocycles. The molecule has 0 saturated carbocycles. The smallest absolute Gasteiger partial charge is 0.318 e. The summed E-state index contributed by atoms with van der Waals surface area (Å²) in [6.45, 7) is 3.00. The highest BCUT2D eigenvalue weighted by Gasteiger charge is 2.33. The lowest BCUT2D eigenvalue weighted by Crippen LogP contribution is -2.45. The van der Waals surface area contributed by atoms with Crippen LogP contribution in [0.2, 0.25) is 0 Å². The molecule has 2 amide bonds. The van der Waals surface area contributed by atoms with Crippen molar-refractivity contribution in [2.75, 3.05) is 13.2 Å². The van der Waals surface area contributed by atoms with E-state index in [2.05, 4.69) is 10.3 Å². The van der Waals surface area contributed by atoms with E-state index in [1.165, 1.54) is 12.1 Å². The second-order valence-corrected chi connectivity index (χ2v) is 5.87. The Kier molecular flexibility index (Phi) is 4.02. The van der Waals surface area contributed by atoms with Gasteiger partial charge in [-0.15, -0.1) is 0 Å². The first kappa shape index (κ1) is 14.8. The molecule has 0 bridgehead atoms. The number of hydrogen-bond donors (Lipinski definition) is 3. The van der Waals surface area contributed by atoms with Gasteiger partial charge in [0.2, 0.25) is 0 Å². The van der Waals surface area contributed by atoms with Gasteiger partial charge in [0.15, 0.2) is 0 Å². The molecule has 118 valence electrons. The number of carbonyl (C=O) groups is 1. The molecular formula is C16H20FN3O2. The molecule has 2 atom stereocenters.